The minimum absolute atomic E-state index is 0.0324. The van der Waals surface area contributed by atoms with Crippen molar-refractivity contribution in [2.75, 3.05) is 0 Å². The molecule has 0 aliphatic heterocycles. The molecule has 2 rings (SSSR count). The molecule has 1 aromatic rings. The number of hydrogen-bond donors (Lipinski definition) is 2. The largest absolute Gasteiger partial charge is 0.489 e. The third kappa shape index (κ3) is 2.66. The summed E-state index contributed by atoms with van der Waals surface area (Å²) < 4.78 is 6.63. The second-order valence-corrected chi connectivity index (χ2v) is 4.64. The number of para-hydroxylation sites is 1. The summed E-state index contributed by atoms with van der Waals surface area (Å²) >= 11 is 3.40. The number of carbonyl (C=O) groups is 1. The molecule has 0 aromatic heterocycles. The Balaban J connectivity index is 1.82. The number of rotatable bonds is 3. The van der Waals surface area contributed by atoms with Gasteiger partial charge >= 0.3 is 6.09 Å². The van der Waals surface area contributed by atoms with E-state index in [4.69, 9.17) is 9.84 Å². The highest BCUT2D eigenvalue weighted by Crippen LogP contribution is 2.30. The van der Waals surface area contributed by atoms with Gasteiger partial charge in [-0.25, -0.2) is 4.79 Å². The van der Waals surface area contributed by atoms with E-state index in [1.165, 1.54) is 0 Å². The first-order valence-corrected chi connectivity index (χ1v) is 5.85. The molecule has 1 aliphatic carbocycles. The Kier molecular flexibility index (Phi) is 3.33. The zero-order chi connectivity index (χ0) is 11.5. The molecule has 86 valence electrons. The van der Waals surface area contributed by atoms with E-state index in [1.807, 2.05) is 24.3 Å². The second kappa shape index (κ2) is 4.74. The number of benzene rings is 1. The van der Waals surface area contributed by atoms with Gasteiger partial charge in [0.1, 0.15) is 11.9 Å². The van der Waals surface area contributed by atoms with Gasteiger partial charge in [-0.2, -0.15) is 0 Å². The lowest BCUT2D eigenvalue weighted by Gasteiger charge is -2.35. The lowest BCUT2D eigenvalue weighted by atomic mass is 9.89. The van der Waals surface area contributed by atoms with Crippen LogP contribution < -0.4 is 10.1 Å². The van der Waals surface area contributed by atoms with Crippen LogP contribution in [0.4, 0.5) is 4.79 Å². The Morgan fingerprint density at radius 1 is 1.44 bits per heavy atom. The minimum Gasteiger partial charge on any atom is -0.489 e. The number of nitrogens with one attached hydrogen (secondary N) is 1. The van der Waals surface area contributed by atoms with Crippen LogP contribution in [-0.4, -0.2) is 23.3 Å². The molecule has 0 heterocycles. The van der Waals surface area contributed by atoms with Crippen LogP contribution in [0.2, 0.25) is 0 Å². The molecule has 1 aromatic carbocycles. The van der Waals surface area contributed by atoms with Gasteiger partial charge in [-0.15, -0.1) is 0 Å². The van der Waals surface area contributed by atoms with Crippen molar-refractivity contribution in [3.8, 4) is 5.75 Å². The van der Waals surface area contributed by atoms with Crippen LogP contribution in [0, 0.1) is 0 Å². The maximum atomic E-state index is 10.4. The fourth-order valence-corrected chi connectivity index (χ4v) is 2.05. The topological polar surface area (TPSA) is 58.6 Å². The second-order valence-electron chi connectivity index (χ2n) is 3.79. The maximum absolute atomic E-state index is 10.4. The van der Waals surface area contributed by atoms with Gasteiger partial charge in [-0.05, 0) is 28.1 Å². The van der Waals surface area contributed by atoms with E-state index in [2.05, 4.69) is 21.2 Å². The van der Waals surface area contributed by atoms with E-state index in [-0.39, 0.29) is 12.1 Å². The van der Waals surface area contributed by atoms with Crippen LogP contribution in [0.5, 0.6) is 5.75 Å². The summed E-state index contributed by atoms with van der Waals surface area (Å²) in [6.45, 7) is 0. The SMILES string of the molecule is O=C(O)NC1CC(Oc2ccccc2Br)C1. The highest BCUT2D eigenvalue weighted by Gasteiger charge is 2.32. The highest BCUT2D eigenvalue weighted by molar-refractivity contribution is 9.10. The van der Waals surface area contributed by atoms with Gasteiger partial charge in [0, 0.05) is 18.9 Å². The zero-order valence-corrected chi connectivity index (χ0v) is 10.1. The smallest absolute Gasteiger partial charge is 0.404 e. The van der Waals surface area contributed by atoms with E-state index in [9.17, 15) is 4.79 Å². The third-order valence-electron chi connectivity index (χ3n) is 2.55. The van der Waals surface area contributed by atoms with Crippen LogP contribution in [0.15, 0.2) is 28.7 Å². The average Bonchev–Trinajstić information content (AvgIpc) is 2.17. The maximum Gasteiger partial charge on any atom is 0.404 e. The molecule has 0 atom stereocenters. The quantitative estimate of drug-likeness (QED) is 0.898. The Bertz CT molecular complexity index is 391. The van der Waals surface area contributed by atoms with Crippen LogP contribution in [0.25, 0.3) is 0 Å². The van der Waals surface area contributed by atoms with Crippen LogP contribution in [0.1, 0.15) is 12.8 Å². The van der Waals surface area contributed by atoms with E-state index in [1.54, 1.807) is 0 Å². The lowest BCUT2D eigenvalue weighted by Crippen LogP contribution is -2.48. The Morgan fingerprint density at radius 3 is 2.75 bits per heavy atom. The van der Waals surface area contributed by atoms with Crippen molar-refractivity contribution in [2.45, 2.75) is 25.0 Å². The van der Waals surface area contributed by atoms with Gasteiger partial charge in [0.2, 0.25) is 0 Å². The molecule has 1 saturated carbocycles. The fourth-order valence-electron chi connectivity index (χ4n) is 1.67. The average molecular weight is 286 g/mol. The minimum atomic E-state index is -0.968. The number of hydrogen-bond acceptors (Lipinski definition) is 2. The highest BCUT2D eigenvalue weighted by atomic mass is 79.9. The summed E-state index contributed by atoms with van der Waals surface area (Å²) in [5.41, 5.74) is 0. The van der Waals surface area contributed by atoms with Crippen molar-refractivity contribution in [1.29, 1.82) is 0 Å². The van der Waals surface area contributed by atoms with E-state index in [0.717, 1.165) is 23.1 Å². The van der Waals surface area contributed by atoms with Gasteiger partial charge < -0.3 is 15.2 Å². The number of amides is 1. The zero-order valence-electron chi connectivity index (χ0n) is 8.52. The van der Waals surface area contributed by atoms with Gasteiger partial charge in [0.15, 0.2) is 0 Å². The first kappa shape index (κ1) is 11.3. The lowest BCUT2D eigenvalue weighted by molar-refractivity contribution is 0.0827. The molecule has 0 spiro atoms. The Labute approximate surface area is 102 Å². The molecule has 1 amide bonds. The van der Waals surface area contributed by atoms with E-state index < -0.39 is 6.09 Å². The predicted octanol–water partition coefficient (Wildman–Crippen LogP) is 2.63. The molecule has 0 radical (unpaired) electrons. The molecule has 2 N–H and O–H groups in total. The summed E-state index contributed by atoms with van der Waals surface area (Å²) in [6, 6.07) is 7.67. The summed E-state index contributed by atoms with van der Waals surface area (Å²) in [5, 5.41) is 10.9. The molecule has 0 bridgehead atoms. The monoisotopic (exact) mass is 285 g/mol. The molecule has 1 aliphatic rings. The van der Waals surface area contributed by atoms with Crippen LogP contribution in [0.3, 0.4) is 0 Å². The normalized spacial score (nSPS) is 23.3. The Hall–Kier alpha value is -1.23. The van der Waals surface area contributed by atoms with Gasteiger partial charge in [-0.3, -0.25) is 0 Å². The van der Waals surface area contributed by atoms with Crippen LogP contribution in [-0.2, 0) is 0 Å². The third-order valence-corrected chi connectivity index (χ3v) is 3.21. The van der Waals surface area contributed by atoms with Crippen molar-refractivity contribution in [1.82, 2.24) is 5.32 Å². The van der Waals surface area contributed by atoms with E-state index in [0.29, 0.717) is 0 Å². The molecular formula is C11H12BrNO3. The van der Waals surface area contributed by atoms with Gasteiger partial charge in [-0.1, -0.05) is 12.1 Å². The van der Waals surface area contributed by atoms with Gasteiger partial charge in [0.05, 0.1) is 4.47 Å². The number of carboxylic acid groups (broad SMARTS) is 1. The van der Waals surface area contributed by atoms with Gasteiger partial charge in [0.25, 0.3) is 0 Å². The standard InChI is InChI=1S/C11H12BrNO3/c12-9-3-1-2-4-10(9)16-8-5-7(6-8)13-11(14)15/h1-4,7-8,13H,5-6H2,(H,14,15). The molecule has 0 saturated heterocycles. The summed E-state index contributed by atoms with van der Waals surface area (Å²) in [4.78, 5) is 10.4. The van der Waals surface area contributed by atoms with Crippen molar-refractivity contribution >= 4 is 22.0 Å². The van der Waals surface area contributed by atoms with Crippen molar-refractivity contribution < 1.29 is 14.6 Å². The summed E-state index contributed by atoms with van der Waals surface area (Å²) in [6.07, 6.45) is 0.598. The molecule has 1 fully saturated rings. The van der Waals surface area contributed by atoms with E-state index >= 15 is 0 Å². The molecular weight excluding hydrogens is 274 g/mol. The van der Waals surface area contributed by atoms with Crippen LogP contribution >= 0.6 is 15.9 Å². The van der Waals surface area contributed by atoms with Crippen molar-refractivity contribution in [3.63, 3.8) is 0 Å². The summed E-state index contributed by atoms with van der Waals surface area (Å²) in [7, 11) is 0. The first-order chi connectivity index (χ1) is 7.65. The van der Waals surface area contributed by atoms with Crippen molar-refractivity contribution in [2.24, 2.45) is 0 Å². The fraction of sp³-hybridized carbons (Fsp3) is 0.364. The Morgan fingerprint density at radius 2 is 2.12 bits per heavy atom. The molecule has 4 nitrogen and oxygen atoms in total. The number of ether oxygens (including phenoxy) is 1. The summed E-state index contributed by atoms with van der Waals surface area (Å²) in [5.74, 6) is 0.807. The molecule has 16 heavy (non-hydrogen) atoms. The molecule has 5 heteroatoms. The van der Waals surface area contributed by atoms with Crippen molar-refractivity contribution in [3.05, 3.63) is 28.7 Å². The first-order valence-electron chi connectivity index (χ1n) is 5.06. The molecule has 0 unspecified atom stereocenters. The predicted molar refractivity (Wildman–Crippen MR) is 62.7 cm³/mol. The number of halogens is 1.